The van der Waals surface area contributed by atoms with Gasteiger partial charge in [-0.1, -0.05) is 37.3 Å². The van der Waals surface area contributed by atoms with Gasteiger partial charge < -0.3 is 5.32 Å². The van der Waals surface area contributed by atoms with Gasteiger partial charge in [0.1, 0.15) is 0 Å². The molecule has 1 aliphatic rings. The van der Waals surface area contributed by atoms with Gasteiger partial charge in [-0.2, -0.15) is 5.26 Å². The maximum absolute atomic E-state index is 9.50. The Morgan fingerprint density at radius 3 is 2.80 bits per heavy atom. The normalized spacial score (nSPS) is 20.6. The van der Waals surface area contributed by atoms with Crippen LogP contribution >= 0.6 is 0 Å². The molecule has 0 saturated carbocycles. The van der Waals surface area contributed by atoms with Crippen molar-refractivity contribution in [2.45, 2.75) is 38.1 Å². The standard InChI is InChI=1S/C17H25N3/c1-2-11-20(17-9-6-10-19-13-17)14-16(12-18)15-7-4-3-5-8-15/h3-5,7-8,16-17,19H,2,6,9-11,13-14H2,1H3. The summed E-state index contributed by atoms with van der Waals surface area (Å²) in [7, 11) is 0. The van der Waals surface area contributed by atoms with Gasteiger partial charge in [0.05, 0.1) is 12.0 Å². The molecular formula is C17H25N3. The largest absolute Gasteiger partial charge is 0.315 e. The molecule has 20 heavy (non-hydrogen) atoms. The second-order valence-electron chi connectivity index (χ2n) is 5.59. The fourth-order valence-corrected chi connectivity index (χ4v) is 3.00. The van der Waals surface area contributed by atoms with Crippen molar-refractivity contribution >= 4 is 0 Å². The second kappa shape index (κ2) is 8.04. The predicted octanol–water partition coefficient (Wildman–Crippen LogP) is 2.76. The van der Waals surface area contributed by atoms with Crippen molar-refractivity contribution in [3.05, 3.63) is 35.9 Å². The summed E-state index contributed by atoms with van der Waals surface area (Å²) >= 11 is 0. The van der Waals surface area contributed by atoms with E-state index in [-0.39, 0.29) is 5.92 Å². The molecule has 2 unspecified atom stereocenters. The zero-order valence-corrected chi connectivity index (χ0v) is 12.4. The van der Waals surface area contributed by atoms with E-state index in [9.17, 15) is 5.26 Å². The van der Waals surface area contributed by atoms with Crippen LogP contribution in [0.5, 0.6) is 0 Å². The van der Waals surface area contributed by atoms with Crippen molar-refractivity contribution in [1.29, 1.82) is 5.26 Å². The Morgan fingerprint density at radius 2 is 2.20 bits per heavy atom. The third-order valence-corrected chi connectivity index (χ3v) is 4.07. The maximum atomic E-state index is 9.50. The molecule has 1 aromatic rings. The third kappa shape index (κ3) is 4.06. The van der Waals surface area contributed by atoms with E-state index >= 15 is 0 Å². The number of hydrogen-bond acceptors (Lipinski definition) is 3. The first-order valence-corrected chi connectivity index (χ1v) is 7.74. The van der Waals surface area contributed by atoms with E-state index in [1.807, 2.05) is 18.2 Å². The number of piperidine rings is 1. The van der Waals surface area contributed by atoms with Crippen molar-refractivity contribution in [2.75, 3.05) is 26.2 Å². The summed E-state index contributed by atoms with van der Waals surface area (Å²) in [5.41, 5.74) is 1.14. The molecule has 1 fully saturated rings. The van der Waals surface area contributed by atoms with Crippen LogP contribution in [0.4, 0.5) is 0 Å². The molecule has 1 heterocycles. The molecule has 2 atom stereocenters. The Hall–Kier alpha value is -1.37. The van der Waals surface area contributed by atoms with Crippen LogP contribution in [0, 0.1) is 11.3 Å². The van der Waals surface area contributed by atoms with E-state index < -0.39 is 0 Å². The van der Waals surface area contributed by atoms with Gasteiger partial charge in [-0.15, -0.1) is 0 Å². The second-order valence-corrected chi connectivity index (χ2v) is 5.59. The number of nitriles is 1. The first-order valence-electron chi connectivity index (χ1n) is 7.74. The highest BCUT2D eigenvalue weighted by atomic mass is 15.2. The number of nitrogens with zero attached hydrogens (tertiary/aromatic N) is 2. The Kier molecular flexibility index (Phi) is 6.04. The molecule has 0 spiro atoms. The highest BCUT2D eigenvalue weighted by Crippen LogP contribution is 2.20. The summed E-state index contributed by atoms with van der Waals surface area (Å²) in [4.78, 5) is 2.51. The van der Waals surface area contributed by atoms with Crippen molar-refractivity contribution in [3.63, 3.8) is 0 Å². The monoisotopic (exact) mass is 271 g/mol. The van der Waals surface area contributed by atoms with Gasteiger partial charge in [-0.3, -0.25) is 4.90 Å². The smallest absolute Gasteiger partial charge is 0.0839 e. The summed E-state index contributed by atoms with van der Waals surface area (Å²) in [5.74, 6) is -0.0234. The molecule has 0 amide bonds. The van der Waals surface area contributed by atoms with Gasteiger partial charge >= 0.3 is 0 Å². The topological polar surface area (TPSA) is 39.1 Å². The van der Waals surface area contributed by atoms with Gasteiger partial charge in [0.15, 0.2) is 0 Å². The molecule has 1 N–H and O–H groups in total. The minimum Gasteiger partial charge on any atom is -0.315 e. The molecule has 2 rings (SSSR count). The van der Waals surface area contributed by atoms with Gasteiger partial charge in [0, 0.05) is 19.1 Å². The van der Waals surface area contributed by atoms with E-state index in [0.717, 1.165) is 38.2 Å². The Balaban J connectivity index is 2.04. The van der Waals surface area contributed by atoms with E-state index in [4.69, 9.17) is 0 Å². The van der Waals surface area contributed by atoms with Crippen LogP contribution in [0.1, 0.15) is 37.7 Å². The fourth-order valence-electron chi connectivity index (χ4n) is 3.00. The lowest BCUT2D eigenvalue weighted by Gasteiger charge is -2.35. The van der Waals surface area contributed by atoms with Crippen LogP contribution in [0.2, 0.25) is 0 Å². The molecule has 3 nitrogen and oxygen atoms in total. The summed E-state index contributed by atoms with van der Waals surface area (Å²) in [5, 5.41) is 13.0. The van der Waals surface area contributed by atoms with E-state index in [1.54, 1.807) is 0 Å². The summed E-state index contributed by atoms with van der Waals surface area (Å²) in [6.45, 7) is 6.34. The molecule has 0 aromatic heterocycles. The van der Waals surface area contributed by atoms with Crippen LogP contribution < -0.4 is 5.32 Å². The first-order chi connectivity index (χ1) is 9.85. The van der Waals surface area contributed by atoms with Crippen molar-refractivity contribution in [2.24, 2.45) is 0 Å². The highest BCUT2D eigenvalue weighted by molar-refractivity contribution is 5.25. The molecule has 1 aliphatic heterocycles. The van der Waals surface area contributed by atoms with E-state index in [2.05, 4.69) is 35.3 Å². The average molecular weight is 271 g/mol. The quantitative estimate of drug-likeness (QED) is 0.864. The fraction of sp³-hybridized carbons (Fsp3) is 0.588. The molecule has 1 aromatic carbocycles. The third-order valence-electron chi connectivity index (χ3n) is 4.07. The van der Waals surface area contributed by atoms with Crippen molar-refractivity contribution in [3.8, 4) is 6.07 Å². The number of hydrogen-bond donors (Lipinski definition) is 1. The first kappa shape index (κ1) is 15.0. The molecule has 0 aliphatic carbocycles. The number of rotatable bonds is 6. The van der Waals surface area contributed by atoms with Gasteiger partial charge in [-0.25, -0.2) is 0 Å². The molecular weight excluding hydrogens is 246 g/mol. The van der Waals surface area contributed by atoms with Crippen LogP contribution in [0.25, 0.3) is 0 Å². The Labute approximate surface area is 122 Å². The lowest BCUT2D eigenvalue weighted by molar-refractivity contribution is 0.163. The zero-order chi connectivity index (χ0) is 14.2. The van der Waals surface area contributed by atoms with Gasteiger partial charge in [0.25, 0.3) is 0 Å². The summed E-state index contributed by atoms with van der Waals surface area (Å²) in [6.07, 6.45) is 3.64. The Bertz CT molecular complexity index is 418. The summed E-state index contributed by atoms with van der Waals surface area (Å²) in [6, 6.07) is 13.3. The zero-order valence-electron chi connectivity index (χ0n) is 12.4. The minimum atomic E-state index is -0.0234. The van der Waals surface area contributed by atoms with Crippen LogP contribution in [0.3, 0.4) is 0 Å². The average Bonchev–Trinajstić information content (AvgIpc) is 2.53. The lowest BCUT2D eigenvalue weighted by atomic mass is 9.97. The van der Waals surface area contributed by atoms with E-state index in [0.29, 0.717) is 6.04 Å². The molecule has 0 radical (unpaired) electrons. The number of nitrogens with one attached hydrogen (secondary N) is 1. The molecule has 1 saturated heterocycles. The summed E-state index contributed by atoms with van der Waals surface area (Å²) < 4.78 is 0. The van der Waals surface area contributed by atoms with Crippen molar-refractivity contribution < 1.29 is 0 Å². The minimum absolute atomic E-state index is 0.0234. The van der Waals surface area contributed by atoms with Crippen molar-refractivity contribution in [1.82, 2.24) is 10.2 Å². The van der Waals surface area contributed by atoms with Crippen LogP contribution in [-0.2, 0) is 0 Å². The van der Waals surface area contributed by atoms with Gasteiger partial charge in [0.2, 0.25) is 0 Å². The Morgan fingerprint density at radius 1 is 1.40 bits per heavy atom. The molecule has 3 heteroatoms. The maximum Gasteiger partial charge on any atom is 0.0839 e. The van der Waals surface area contributed by atoms with Gasteiger partial charge in [-0.05, 0) is 37.9 Å². The van der Waals surface area contributed by atoms with Crippen LogP contribution in [0.15, 0.2) is 30.3 Å². The lowest BCUT2D eigenvalue weighted by Crippen LogP contribution is -2.47. The molecule has 0 bridgehead atoms. The number of benzene rings is 1. The van der Waals surface area contributed by atoms with E-state index in [1.165, 1.54) is 12.8 Å². The van der Waals surface area contributed by atoms with Crippen LogP contribution in [-0.4, -0.2) is 37.1 Å². The predicted molar refractivity (Wildman–Crippen MR) is 82.6 cm³/mol. The highest BCUT2D eigenvalue weighted by Gasteiger charge is 2.23. The molecule has 108 valence electrons. The SMILES string of the molecule is CCCN(CC(C#N)c1ccccc1)C1CCCNC1.